The largest absolute Gasteiger partial charge is 0.744 e. The fourth-order valence-corrected chi connectivity index (χ4v) is 4.29. The molecule has 0 spiro atoms. The molecule has 2 aromatic rings. The van der Waals surface area contributed by atoms with Crippen LogP contribution in [0.2, 0.25) is 0 Å². The summed E-state index contributed by atoms with van der Waals surface area (Å²) in [5.74, 6) is 6.26. The molecular formula is C20H26N2O3S. The first-order chi connectivity index (χ1) is 12.2. The molecule has 3 rings (SSSR count). The van der Waals surface area contributed by atoms with Crippen LogP contribution in [-0.2, 0) is 10.1 Å². The van der Waals surface area contributed by atoms with Crippen molar-refractivity contribution in [3.63, 3.8) is 0 Å². The zero-order valence-electron chi connectivity index (χ0n) is 15.5. The van der Waals surface area contributed by atoms with Gasteiger partial charge in [0.05, 0.1) is 4.90 Å². The normalized spacial score (nSPS) is 16.7. The van der Waals surface area contributed by atoms with Gasteiger partial charge in [-0.2, -0.15) is 0 Å². The van der Waals surface area contributed by atoms with Crippen LogP contribution in [0.1, 0.15) is 47.4 Å². The van der Waals surface area contributed by atoms with Gasteiger partial charge in [-0.25, -0.2) is 14.3 Å². The standard InChI is InChI=1S/C11H15N2.C9H12O3S/c12-13-8-6-11(7-9-13)10-4-2-1-3-5-10;1-6-4-7(2)9(8(3)5-6)13(10,11)12/h1-2,6-10H,3-5,12H2;4-5H,1-3H3,(H,10,11,12)/q+1;/p-1. The number of allylic oxidation sites excluding steroid dienone is 2. The molecule has 6 heteroatoms. The lowest BCUT2D eigenvalue weighted by Crippen LogP contribution is -2.43. The lowest BCUT2D eigenvalue weighted by molar-refractivity contribution is -0.639. The molecule has 1 aliphatic rings. The summed E-state index contributed by atoms with van der Waals surface area (Å²) in [4.78, 5) is -0.0851. The number of hydrogen-bond donors (Lipinski definition) is 1. The molecule has 1 heterocycles. The molecule has 0 amide bonds. The number of rotatable bonds is 2. The highest BCUT2D eigenvalue weighted by atomic mass is 32.2. The molecule has 1 unspecified atom stereocenters. The Balaban J connectivity index is 0.000000187. The Labute approximate surface area is 155 Å². The third-order valence-corrected chi connectivity index (χ3v) is 5.62. The van der Waals surface area contributed by atoms with Crippen molar-refractivity contribution in [2.45, 2.75) is 50.8 Å². The van der Waals surface area contributed by atoms with Crippen LogP contribution in [0.5, 0.6) is 0 Å². The van der Waals surface area contributed by atoms with Crippen molar-refractivity contribution >= 4 is 10.1 Å². The highest BCUT2D eigenvalue weighted by Crippen LogP contribution is 2.28. The average Bonchev–Trinajstić information content (AvgIpc) is 2.54. The third-order valence-electron chi connectivity index (χ3n) is 4.47. The second-order valence-electron chi connectivity index (χ2n) is 6.74. The first kappa shape index (κ1) is 20.1. The van der Waals surface area contributed by atoms with E-state index in [9.17, 15) is 13.0 Å². The zero-order valence-corrected chi connectivity index (χ0v) is 16.3. The maximum atomic E-state index is 10.8. The number of benzene rings is 1. The van der Waals surface area contributed by atoms with Crippen LogP contribution in [0.3, 0.4) is 0 Å². The van der Waals surface area contributed by atoms with Crippen LogP contribution in [0.4, 0.5) is 0 Å². The number of nitrogen functional groups attached to an aromatic ring is 1. The van der Waals surface area contributed by atoms with Gasteiger partial charge in [0, 0.05) is 12.1 Å². The number of hydrogen-bond acceptors (Lipinski definition) is 4. The molecule has 5 nitrogen and oxygen atoms in total. The summed E-state index contributed by atoms with van der Waals surface area (Å²) >= 11 is 0. The maximum absolute atomic E-state index is 10.8. The van der Waals surface area contributed by atoms with E-state index in [1.165, 1.54) is 24.8 Å². The molecule has 0 saturated heterocycles. The highest BCUT2D eigenvalue weighted by molar-refractivity contribution is 7.85. The molecular weight excluding hydrogens is 348 g/mol. The molecule has 1 aromatic carbocycles. The number of aryl methyl sites for hydroxylation is 3. The first-order valence-corrected chi connectivity index (χ1v) is 10.0. The van der Waals surface area contributed by atoms with Crippen LogP contribution >= 0.6 is 0 Å². The van der Waals surface area contributed by atoms with Gasteiger partial charge in [0.25, 0.3) is 0 Å². The summed E-state index contributed by atoms with van der Waals surface area (Å²) in [7, 11) is -4.33. The molecule has 1 atom stereocenters. The number of nitrogens with two attached hydrogens (primary N) is 1. The van der Waals surface area contributed by atoms with Crippen molar-refractivity contribution in [3.05, 3.63) is 71.1 Å². The van der Waals surface area contributed by atoms with Crippen molar-refractivity contribution in [2.75, 3.05) is 5.84 Å². The number of aromatic nitrogens is 1. The monoisotopic (exact) mass is 374 g/mol. The smallest absolute Gasteiger partial charge is 0.199 e. The number of pyridine rings is 1. The van der Waals surface area contributed by atoms with Crippen molar-refractivity contribution in [1.29, 1.82) is 0 Å². The SMILES string of the molecule is Cc1cc(C)c(S(=O)(=O)[O-])c(C)c1.N[n+]1ccc(C2CC=CCC2)cc1. The Morgan fingerprint density at radius 1 is 1.08 bits per heavy atom. The number of nitrogens with zero attached hydrogens (tertiary/aromatic N) is 1. The quantitative estimate of drug-likeness (QED) is 0.379. The molecule has 0 aliphatic heterocycles. The lowest BCUT2D eigenvalue weighted by Gasteiger charge is -2.16. The van der Waals surface area contributed by atoms with Gasteiger partial charge in [0.15, 0.2) is 12.4 Å². The molecule has 140 valence electrons. The van der Waals surface area contributed by atoms with Gasteiger partial charge in [-0.1, -0.05) is 34.5 Å². The Morgan fingerprint density at radius 3 is 2.12 bits per heavy atom. The summed E-state index contributed by atoms with van der Waals surface area (Å²) in [5.41, 5.74) is 3.41. The van der Waals surface area contributed by atoms with E-state index in [1.807, 2.05) is 19.3 Å². The van der Waals surface area contributed by atoms with Gasteiger partial charge in [0.1, 0.15) is 10.1 Å². The Kier molecular flexibility index (Phi) is 6.56. The van der Waals surface area contributed by atoms with E-state index in [2.05, 4.69) is 24.3 Å². The van der Waals surface area contributed by atoms with Crippen molar-refractivity contribution in [1.82, 2.24) is 0 Å². The van der Waals surface area contributed by atoms with E-state index in [0.29, 0.717) is 17.0 Å². The van der Waals surface area contributed by atoms with E-state index >= 15 is 0 Å². The summed E-state index contributed by atoms with van der Waals surface area (Å²) in [6.07, 6.45) is 12.0. The molecule has 0 radical (unpaired) electrons. The van der Waals surface area contributed by atoms with Crippen LogP contribution in [0, 0.1) is 20.8 Å². The van der Waals surface area contributed by atoms with E-state index in [0.717, 1.165) is 5.56 Å². The highest BCUT2D eigenvalue weighted by Gasteiger charge is 2.13. The summed E-state index contributed by atoms with van der Waals surface area (Å²) in [5, 5.41) is 0. The van der Waals surface area contributed by atoms with Crippen LogP contribution < -0.4 is 10.5 Å². The van der Waals surface area contributed by atoms with Gasteiger partial charge in [-0.05, 0) is 62.6 Å². The van der Waals surface area contributed by atoms with Gasteiger partial charge in [0.2, 0.25) is 0 Å². The van der Waals surface area contributed by atoms with Gasteiger partial charge in [-0.3, -0.25) is 0 Å². The fraction of sp³-hybridized carbons (Fsp3) is 0.350. The third kappa shape index (κ3) is 5.41. The Morgan fingerprint density at radius 2 is 1.65 bits per heavy atom. The molecule has 0 saturated carbocycles. The molecule has 0 fully saturated rings. The van der Waals surface area contributed by atoms with Gasteiger partial charge >= 0.3 is 0 Å². The molecule has 0 bridgehead atoms. The van der Waals surface area contributed by atoms with Crippen LogP contribution in [0.15, 0.2) is 53.7 Å². The van der Waals surface area contributed by atoms with E-state index in [-0.39, 0.29) is 4.90 Å². The Hall–Kier alpha value is -2.18. The predicted molar refractivity (Wildman–Crippen MR) is 101 cm³/mol. The van der Waals surface area contributed by atoms with E-state index in [4.69, 9.17) is 5.84 Å². The average molecular weight is 375 g/mol. The Bertz CT molecular complexity index is 865. The summed E-state index contributed by atoms with van der Waals surface area (Å²) in [6.45, 7) is 5.12. The molecule has 1 aromatic heterocycles. The molecule has 1 aliphatic carbocycles. The lowest BCUT2D eigenvalue weighted by atomic mass is 9.88. The van der Waals surface area contributed by atoms with E-state index < -0.39 is 10.1 Å². The van der Waals surface area contributed by atoms with Gasteiger partial charge < -0.3 is 4.55 Å². The fourth-order valence-electron chi connectivity index (χ4n) is 3.38. The topological polar surface area (TPSA) is 87.1 Å². The predicted octanol–water partition coefficient (Wildman–Crippen LogP) is 3.03. The van der Waals surface area contributed by atoms with E-state index in [1.54, 1.807) is 30.7 Å². The maximum Gasteiger partial charge on any atom is 0.199 e. The zero-order chi connectivity index (χ0) is 19.3. The molecule has 26 heavy (non-hydrogen) atoms. The summed E-state index contributed by atoms with van der Waals surface area (Å²) in [6, 6.07) is 7.61. The van der Waals surface area contributed by atoms with Crippen molar-refractivity contribution in [3.8, 4) is 0 Å². The minimum Gasteiger partial charge on any atom is -0.744 e. The second kappa shape index (κ2) is 8.47. The minimum absolute atomic E-state index is 0.0851. The second-order valence-corrected chi connectivity index (χ2v) is 8.06. The first-order valence-electron chi connectivity index (χ1n) is 8.63. The van der Waals surface area contributed by atoms with Crippen molar-refractivity contribution < 1.29 is 17.6 Å². The van der Waals surface area contributed by atoms with Gasteiger partial charge in [-0.15, -0.1) is 0 Å². The summed E-state index contributed by atoms with van der Waals surface area (Å²) < 4.78 is 34.1. The van der Waals surface area contributed by atoms with Crippen molar-refractivity contribution in [2.24, 2.45) is 0 Å². The van der Waals surface area contributed by atoms with Crippen LogP contribution in [0.25, 0.3) is 0 Å². The molecule has 2 N–H and O–H groups in total. The van der Waals surface area contributed by atoms with Crippen LogP contribution in [-0.4, -0.2) is 13.0 Å². The minimum atomic E-state index is -4.33.